The smallest absolute Gasteiger partial charge is 0.322 e. The molecule has 1 aliphatic heterocycles. The second-order valence-electron chi connectivity index (χ2n) is 8.26. The van der Waals surface area contributed by atoms with Gasteiger partial charge in [-0.05, 0) is 67.4 Å². The molecule has 36 heavy (non-hydrogen) atoms. The van der Waals surface area contributed by atoms with Gasteiger partial charge in [0.05, 0.1) is 21.7 Å². The number of carbonyl (C=O) groups excluding carboxylic acids is 1. The van der Waals surface area contributed by atoms with E-state index < -0.39 is 51.1 Å². The van der Waals surface area contributed by atoms with Crippen LogP contribution in [-0.4, -0.2) is 20.4 Å². The molecule has 1 N–H and O–H groups in total. The van der Waals surface area contributed by atoms with Crippen molar-refractivity contribution in [3.63, 3.8) is 0 Å². The lowest BCUT2D eigenvalue weighted by Crippen LogP contribution is -2.35. The predicted octanol–water partition coefficient (Wildman–Crippen LogP) is 6.12. The summed E-state index contributed by atoms with van der Waals surface area (Å²) in [5.41, 5.74) is -3.01. The van der Waals surface area contributed by atoms with Gasteiger partial charge in [-0.3, -0.25) is 9.10 Å². The van der Waals surface area contributed by atoms with Crippen LogP contribution < -0.4 is 9.62 Å². The van der Waals surface area contributed by atoms with Crippen molar-refractivity contribution in [2.24, 2.45) is 0 Å². The SMILES string of the molecule is C[C@H]1Cc2cc(C(=O)Nc3cc(C(F)(F)F)cc(C(F)(F)F)c3)ccc2N1S(=O)(=O)c1ccccc1. The van der Waals surface area contributed by atoms with Crippen molar-refractivity contribution < 1.29 is 39.6 Å². The number of anilines is 2. The van der Waals surface area contributed by atoms with Crippen LogP contribution in [-0.2, 0) is 28.8 Å². The van der Waals surface area contributed by atoms with Crippen LogP contribution in [0.2, 0.25) is 0 Å². The van der Waals surface area contributed by atoms with E-state index in [4.69, 9.17) is 0 Å². The van der Waals surface area contributed by atoms with Crippen LogP contribution in [0.4, 0.5) is 37.7 Å². The van der Waals surface area contributed by atoms with Crippen LogP contribution in [0.15, 0.2) is 71.6 Å². The number of benzene rings is 3. The lowest BCUT2D eigenvalue weighted by Gasteiger charge is -2.24. The monoisotopic (exact) mass is 528 g/mol. The fraction of sp³-hybridized carbons (Fsp3) is 0.208. The number of amides is 1. The summed E-state index contributed by atoms with van der Waals surface area (Å²) in [5.74, 6) is -0.942. The molecular weight excluding hydrogens is 510 g/mol. The van der Waals surface area contributed by atoms with Crippen molar-refractivity contribution in [1.82, 2.24) is 0 Å². The number of hydrogen-bond acceptors (Lipinski definition) is 3. The summed E-state index contributed by atoms with van der Waals surface area (Å²) < 4.78 is 106. The maximum Gasteiger partial charge on any atom is 0.416 e. The molecule has 0 bridgehead atoms. The molecule has 0 saturated heterocycles. The first-order chi connectivity index (χ1) is 16.7. The molecule has 0 unspecified atom stereocenters. The first-order valence-corrected chi connectivity index (χ1v) is 11.9. The van der Waals surface area contributed by atoms with Crippen molar-refractivity contribution in [3.8, 4) is 0 Å². The molecule has 1 aliphatic rings. The summed E-state index contributed by atoms with van der Waals surface area (Å²) in [6, 6.07) is 12.1. The minimum absolute atomic E-state index is 0.0335. The summed E-state index contributed by atoms with van der Waals surface area (Å²) in [7, 11) is -3.90. The van der Waals surface area contributed by atoms with E-state index in [1.54, 1.807) is 25.1 Å². The zero-order chi connectivity index (χ0) is 26.5. The molecule has 0 fully saturated rings. The number of carbonyl (C=O) groups is 1. The number of alkyl halides is 6. The summed E-state index contributed by atoms with van der Waals surface area (Å²) in [6.07, 6.45) is -9.86. The molecule has 0 radical (unpaired) electrons. The Kier molecular flexibility index (Phi) is 6.27. The van der Waals surface area contributed by atoms with Crippen LogP contribution in [0.1, 0.15) is 34.0 Å². The van der Waals surface area contributed by atoms with Crippen molar-refractivity contribution >= 4 is 27.3 Å². The van der Waals surface area contributed by atoms with Gasteiger partial charge in [0, 0.05) is 17.3 Å². The molecule has 1 heterocycles. The molecule has 0 spiro atoms. The lowest BCUT2D eigenvalue weighted by atomic mass is 10.1. The zero-order valence-corrected chi connectivity index (χ0v) is 19.3. The fourth-order valence-corrected chi connectivity index (χ4v) is 5.76. The molecule has 3 aromatic carbocycles. The van der Waals surface area contributed by atoms with Gasteiger partial charge < -0.3 is 5.32 Å². The summed E-state index contributed by atoms with van der Waals surface area (Å²) in [5, 5.41) is 2.08. The van der Waals surface area contributed by atoms with Crippen LogP contribution in [0.25, 0.3) is 0 Å². The van der Waals surface area contributed by atoms with E-state index >= 15 is 0 Å². The highest BCUT2D eigenvalue weighted by atomic mass is 32.2. The van der Waals surface area contributed by atoms with E-state index in [2.05, 4.69) is 5.32 Å². The number of sulfonamides is 1. The van der Waals surface area contributed by atoms with Gasteiger partial charge in [0.15, 0.2) is 0 Å². The summed E-state index contributed by atoms with van der Waals surface area (Å²) in [4.78, 5) is 12.8. The minimum Gasteiger partial charge on any atom is -0.322 e. The summed E-state index contributed by atoms with van der Waals surface area (Å²) >= 11 is 0. The fourth-order valence-electron chi connectivity index (χ4n) is 4.05. The molecule has 190 valence electrons. The maximum absolute atomic E-state index is 13.2. The highest BCUT2D eigenvalue weighted by Gasteiger charge is 2.38. The van der Waals surface area contributed by atoms with Gasteiger partial charge in [-0.25, -0.2) is 8.42 Å². The Bertz CT molecular complexity index is 1390. The minimum atomic E-state index is -5.06. The molecule has 5 nitrogen and oxygen atoms in total. The summed E-state index contributed by atoms with van der Waals surface area (Å²) in [6.45, 7) is 1.68. The highest BCUT2D eigenvalue weighted by Crippen LogP contribution is 2.39. The Balaban J connectivity index is 1.64. The third-order valence-electron chi connectivity index (χ3n) is 5.64. The number of hydrogen-bond donors (Lipinski definition) is 1. The van der Waals surface area contributed by atoms with Gasteiger partial charge in [-0.1, -0.05) is 18.2 Å². The van der Waals surface area contributed by atoms with Crippen LogP contribution in [0.3, 0.4) is 0 Å². The van der Waals surface area contributed by atoms with Crippen LogP contribution >= 0.6 is 0 Å². The quantitative estimate of drug-likeness (QED) is 0.415. The van der Waals surface area contributed by atoms with Crippen molar-refractivity contribution in [2.45, 2.75) is 36.6 Å². The molecular formula is C24H18F6N2O3S. The number of rotatable bonds is 4. The Morgan fingerprint density at radius 1 is 0.889 bits per heavy atom. The number of fused-ring (bicyclic) bond motifs is 1. The predicted molar refractivity (Wildman–Crippen MR) is 120 cm³/mol. The van der Waals surface area contributed by atoms with Crippen LogP contribution in [0, 0.1) is 0 Å². The van der Waals surface area contributed by atoms with Gasteiger partial charge in [0.1, 0.15) is 0 Å². The van der Waals surface area contributed by atoms with Crippen molar-refractivity contribution in [2.75, 3.05) is 9.62 Å². The highest BCUT2D eigenvalue weighted by molar-refractivity contribution is 7.92. The van der Waals surface area contributed by atoms with Gasteiger partial charge >= 0.3 is 12.4 Å². The Labute approximate surface area is 202 Å². The average molecular weight is 528 g/mol. The van der Waals surface area contributed by atoms with Crippen LogP contribution in [0.5, 0.6) is 0 Å². The standard InChI is InChI=1S/C24H18F6N2O3S/c1-14-9-16-10-15(7-8-21(16)32(14)36(34,35)20-5-3-2-4-6-20)22(33)31-19-12-17(23(25,26)27)11-18(13-19)24(28,29)30/h2-8,10-14H,9H2,1H3,(H,31,33)/t14-/m0/s1. The lowest BCUT2D eigenvalue weighted by molar-refractivity contribution is -0.143. The molecule has 1 amide bonds. The van der Waals surface area contributed by atoms with E-state index in [0.29, 0.717) is 23.4 Å². The second-order valence-corrected chi connectivity index (χ2v) is 10.1. The Morgan fingerprint density at radius 2 is 1.47 bits per heavy atom. The second kappa shape index (κ2) is 8.84. The molecule has 12 heteroatoms. The van der Waals surface area contributed by atoms with Gasteiger partial charge in [-0.2, -0.15) is 26.3 Å². The molecule has 1 atom stereocenters. The Morgan fingerprint density at radius 3 is 2.03 bits per heavy atom. The van der Waals surface area contributed by atoms with E-state index in [1.807, 2.05) is 0 Å². The zero-order valence-electron chi connectivity index (χ0n) is 18.5. The van der Waals surface area contributed by atoms with Gasteiger partial charge in [0.2, 0.25) is 0 Å². The molecule has 4 rings (SSSR count). The van der Waals surface area contributed by atoms with E-state index in [-0.39, 0.29) is 22.9 Å². The number of nitrogens with one attached hydrogen (secondary N) is 1. The average Bonchev–Trinajstić information content (AvgIpc) is 3.13. The molecule has 0 aromatic heterocycles. The number of nitrogens with zero attached hydrogens (tertiary/aromatic N) is 1. The van der Waals surface area contributed by atoms with Crippen molar-refractivity contribution in [1.29, 1.82) is 0 Å². The first-order valence-electron chi connectivity index (χ1n) is 10.5. The molecule has 3 aromatic rings. The normalized spacial score (nSPS) is 16.1. The number of halogens is 6. The topological polar surface area (TPSA) is 66.5 Å². The molecule has 0 saturated carbocycles. The van der Waals surface area contributed by atoms with E-state index in [9.17, 15) is 39.6 Å². The van der Waals surface area contributed by atoms with E-state index in [1.165, 1.54) is 34.6 Å². The third-order valence-corrected chi connectivity index (χ3v) is 7.58. The van der Waals surface area contributed by atoms with E-state index in [0.717, 1.165) is 0 Å². The maximum atomic E-state index is 13.2. The third kappa shape index (κ3) is 4.90. The van der Waals surface area contributed by atoms with Crippen molar-refractivity contribution in [3.05, 3.63) is 89.0 Å². The first kappa shape index (κ1) is 25.5. The Hall–Kier alpha value is -3.54. The van der Waals surface area contributed by atoms with Gasteiger partial charge in [-0.15, -0.1) is 0 Å². The largest absolute Gasteiger partial charge is 0.416 e. The van der Waals surface area contributed by atoms with Gasteiger partial charge in [0.25, 0.3) is 15.9 Å². The molecule has 0 aliphatic carbocycles.